The number of esters is 1. The Bertz CT molecular complexity index is 350. The Kier molecular flexibility index (Phi) is 3.97. The topological polar surface area (TPSA) is 60.4 Å². The summed E-state index contributed by atoms with van der Waals surface area (Å²) >= 11 is 0. The maximum absolute atomic E-state index is 11.3. The van der Waals surface area contributed by atoms with E-state index in [1.807, 2.05) is 0 Å². The van der Waals surface area contributed by atoms with Crippen LogP contribution in [0, 0.1) is 0 Å². The number of rotatable bonds is 4. The fourth-order valence-electron chi connectivity index (χ4n) is 1.22. The lowest BCUT2D eigenvalue weighted by atomic mass is 9.99. The first-order chi connectivity index (χ1) is 7.13. The molecule has 0 saturated heterocycles. The fourth-order valence-corrected chi connectivity index (χ4v) is 1.22. The molecule has 1 aliphatic carbocycles. The minimum absolute atomic E-state index is 0.131. The molecule has 0 radical (unpaired) electrons. The van der Waals surface area contributed by atoms with Crippen molar-refractivity contribution in [3.63, 3.8) is 0 Å². The Morgan fingerprint density at radius 3 is 2.73 bits per heavy atom. The molecule has 0 heterocycles. The molecule has 1 aliphatic rings. The second-order valence-electron chi connectivity index (χ2n) is 3.07. The third kappa shape index (κ3) is 3.50. The van der Waals surface area contributed by atoms with Crippen LogP contribution in [0.2, 0.25) is 0 Å². The van der Waals surface area contributed by atoms with E-state index in [2.05, 4.69) is 0 Å². The van der Waals surface area contributed by atoms with Crippen LogP contribution in [0.25, 0.3) is 0 Å². The summed E-state index contributed by atoms with van der Waals surface area (Å²) in [6.45, 7) is 2.04. The fraction of sp³-hybridized carbons (Fsp3) is 0.364. The molecule has 0 spiro atoms. The van der Waals surface area contributed by atoms with Crippen LogP contribution in [0.3, 0.4) is 0 Å². The van der Waals surface area contributed by atoms with Gasteiger partial charge in [-0.3, -0.25) is 14.4 Å². The summed E-state index contributed by atoms with van der Waals surface area (Å²) in [4.78, 5) is 33.2. The first-order valence-corrected chi connectivity index (χ1v) is 4.76. The Hall–Kier alpha value is -1.71. The third-order valence-electron chi connectivity index (χ3n) is 1.94. The summed E-state index contributed by atoms with van der Waals surface area (Å²) in [6.07, 6.45) is 4.10. The van der Waals surface area contributed by atoms with Crippen LogP contribution in [0.15, 0.2) is 23.8 Å². The van der Waals surface area contributed by atoms with E-state index in [1.165, 1.54) is 18.2 Å². The minimum atomic E-state index is -0.354. The van der Waals surface area contributed by atoms with Gasteiger partial charge in [-0.05, 0) is 31.6 Å². The van der Waals surface area contributed by atoms with E-state index < -0.39 is 0 Å². The molecule has 0 atom stereocenters. The highest BCUT2D eigenvalue weighted by molar-refractivity contribution is 6.17. The lowest BCUT2D eigenvalue weighted by Crippen LogP contribution is -2.10. The van der Waals surface area contributed by atoms with Crippen molar-refractivity contribution in [1.82, 2.24) is 0 Å². The number of carbonyl (C=O) groups excluding carboxylic acids is 3. The highest BCUT2D eigenvalue weighted by Crippen LogP contribution is 2.12. The summed E-state index contributed by atoms with van der Waals surface area (Å²) in [7, 11) is 0. The molecule has 1 rings (SSSR count). The molecule has 80 valence electrons. The largest absolute Gasteiger partial charge is 0.466 e. The molecule has 0 bridgehead atoms. The smallest absolute Gasteiger partial charge is 0.306 e. The Morgan fingerprint density at radius 2 is 2.07 bits per heavy atom. The van der Waals surface area contributed by atoms with Crippen molar-refractivity contribution < 1.29 is 19.1 Å². The zero-order valence-corrected chi connectivity index (χ0v) is 8.49. The van der Waals surface area contributed by atoms with Crippen LogP contribution < -0.4 is 0 Å². The van der Waals surface area contributed by atoms with Crippen molar-refractivity contribution in [3.05, 3.63) is 23.8 Å². The van der Waals surface area contributed by atoms with E-state index in [9.17, 15) is 14.4 Å². The second-order valence-corrected chi connectivity index (χ2v) is 3.07. The van der Waals surface area contributed by atoms with Gasteiger partial charge in [-0.15, -0.1) is 0 Å². The molecule has 0 aromatic carbocycles. The van der Waals surface area contributed by atoms with E-state index in [4.69, 9.17) is 4.74 Å². The third-order valence-corrected chi connectivity index (χ3v) is 1.94. The van der Waals surface area contributed by atoms with Crippen molar-refractivity contribution in [3.8, 4) is 0 Å². The average Bonchev–Trinajstić information content (AvgIpc) is 2.20. The highest BCUT2D eigenvalue weighted by Gasteiger charge is 2.14. The Labute approximate surface area is 87.6 Å². The molecule has 4 nitrogen and oxygen atoms in total. The molecule has 0 aromatic heterocycles. The van der Waals surface area contributed by atoms with Crippen LogP contribution in [-0.2, 0) is 19.1 Å². The van der Waals surface area contributed by atoms with Gasteiger partial charge in [0.25, 0.3) is 0 Å². The summed E-state index contributed by atoms with van der Waals surface area (Å²) in [5, 5.41) is 0. The maximum atomic E-state index is 11.3. The van der Waals surface area contributed by atoms with Gasteiger partial charge in [0, 0.05) is 12.0 Å². The number of allylic oxidation sites excluding steroid dienone is 4. The number of ketones is 2. The van der Waals surface area contributed by atoms with Gasteiger partial charge in [0.1, 0.15) is 0 Å². The molecular weight excluding hydrogens is 196 g/mol. The van der Waals surface area contributed by atoms with Crippen molar-refractivity contribution in [2.24, 2.45) is 0 Å². The van der Waals surface area contributed by atoms with Gasteiger partial charge in [-0.1, -0.05) is 0 Å². The number of hydrogen-bond donors (Lipinski definition) is 0. The molecule has 15 heavy (non-hydrogen) atoms. The zero-order chi connectivity index (χ0) is 11.3. The zero-order valence-electron chi connectivity index (χ0n) is 8.49. The van der Waals surface area contributed by atoms with Gasteiger partial charge >= 0.3 is 5.97 Å². The average molecular weight is 208 g/mol. The predicted octanol–water partition coefficient (Wildman–Crippen LogP) is 0.964. The van der Waals surface area contributed by atoms with E-state index >= 15 is 0 Å². The Morgan fingerprint density at radius 1 is 1.33 bits per heavy atom. The molecule has 0 aliphatic heterocycles. The predicted molar refractivity (Wildman–Crippen MR) is 53.1 cm³/mol. The standard InChI is InChI=1S/C11H12O4/c1-2-15-11(14)6-3-8-7-9(12)4-5-10(8)13/h4-5,7H,2-3,6H2,1H3. The first kappa shape index (κ1) is 11.4. The van der Waals surface area contributed by atoms with Gasteiger partial charge in [0.2, 0.25) is 0 Å². The van der Waals surface area contributed by atoms with E-state index in [0.717, 1.165) is 0 Å². The SMILES string of the molecule is CCOC(=O)CCC1=CC(=O)C=CC1=O. The number of hydrogen-bond acceptors (Lipinski definition) is 4. The lowest BCUT2D eigenvalue weighted by Gasteiger charge is -2.06. The highest BCUT2D eigenvalue weighted by atomic mass is 16.5. The summed E-state index contributed by atoms with van der Waals surface area (Å²) in [6, 6.07) is 0. The van der Waals surface area contributed by atoms with Gasteiger partial charge in [-0.25, -0.2) is 0 Å². The van der Waals surface area contributed by atoms with E-state index in [-0.39, 0.29) is 30.4 Å². The Balaban J connectivity index is 2.48. The van der Waals surface area contributed by atoms with Crippen LogP contribution in [0.4, 0.5) is 0 Å². The normalized spacial score (nSPS) is 15.1. The number of carbonyl (C=O) groups is 3. The van der Waals surface area contributed by atoms with Gasteiger partial charge in [-0.2, -0.15) is 0 Å². The minimum Gasteiger partial charge on any atom is -0.466 e. The van der Waals surface area contributed by atoms with E-state index in [1.54, 1.807) is 6.92 Å². The quantitative estimate of drug-likeness (QED) is 0.510. The molecule has 0 fully saturated rings. The molecule has 0 amide bonds. The summed E-state index contributed by atoms with van der Waals surface area (Å²) in [5.74, 6) is -0.777. The monoisotopic (exact) mass is 208 g/mol. The molecule has 0 aromatic rings. The van der Waals surface area contributed by atoms with E-state index in [0.29, 0.717) is 12.2 Å². The van der Waals surface area contributed by atoms with Crippen molar-refractivity contribution in [2.75, 3.05) is 6.61 Å². The van der Waals surface area contributed by atoms with Crippen molar-refractivity contribution in [1.29, 1.82) is 0 Å². The van der Waals surface area contributed by atoms with Crippen LogP contribution in [0.5, 0.6) is 0 Å². The molecule has 0 unspecified atom stereocenters. The van der Waals surface area contributed by atoms with Crippen LogP contribution >= 0.6 is 0 Å². The molecule has 0 saturated carbocycles. The first-order valence-electron chi connectivity index (χ1n) is 4.76. The van der Waals surface area contributed by atoms with Crippen LogP contribution in [0.1, 0.15) is 19.8 Å². The maximum Gasteiger partial charge on any atom is 0.306 e. The molecule has 0 N–H and O–H groups in total. The summed E-state index contributed by atoms with van der Waals surface area (Å²) < 4.78 is 4.71. The van der Waals surface area contributed by atoms with Gasteiger partial charge in [0.05, 0.1) is 6.61 Å². The van der Waals surface area contributed by atoms with Gasteiger partial charge < -0.3 is 4.74 Å². The second kappa shape index (κ2) is 5.24. The lowest BCUT2D eigenvalue weighted by molar-refractivity contribution is -0.143. The summed E-state index contributed by atoms with van der Waals surface area (Å²) in [5.41, 5.74) is 0.371. The van der Waals surface area contributed by atoms with Crippen LogP contribution in [-0.4, -0.2) is 24.1 Å². The molecule has 4 heteroatoms. The molecular formula is C11H12O4. The van der Waals surface area contributed by atoms with Crippen molar-refractivity contribution in [2.45, 2.75) is 19.8 Å². The van der Waals surface area contributed by atoms with Gasteiger partial charge in [0.15, 0.2) is 11.6 Å². The van der Waals surface area contributed by atoms with Crippen molar-refractivity contribution >= 4 is 17.5 Å². The number of ether oxygens (including phenoxy) is 1.